The van der Waals surface area contributed by atoms with E-state index in [0.717, 1.165) is 13.0 Å². The van der Waals surface area contributed by atoms with Gasteiger partial charge >= 0.3 is 5.97 Å². The van der Waals surface area contributed by atoms with Gasteiger partial charge in [0.1, 0.15) is 0 Å². The van der Waals surface area contributed by atoms with Crippen LogP contribution >= 0.6 is 0 Å². The Hall–Kier alpha value is -0.570. The molecule has 3 nitrogen and oxygen atoms in total. The van der Waals surface area contributed by atoms with Gasteiger partial charge in [-0.2, -0.15) is 0 Å². The zero-order chi connectivity index (χ0) is 10.1. The maximum absolute atomic E-state index is 10.6. The maximum atomic E-state index is 10.6. The number of rotatable bonds is 3. The lowest BCUT2D eigenvalue weighted by atomic mass is 9.88. The summed E-state index contributed by atoms with van der Waals surface area (Å²) >= 11 is 0. The predicted octanol–water partition coefficient (Wildman–Crippen LogP) is 1.91. The van der Waals surface area contributed by atoms with Gasteiger partial charge in [0.2, 0.25) is 0 Å². The minimum absolute atomic E-state index is 0.140. The molecule has 1 saturated heterocycles. The molecule has 0 spiro atoms. The summed E-state index contributed by atoms with van der Waals surface area (Å²) in [4.78, 5) is 10.6. The van der Waals surface area contributed by atoms with Crippen molar-refractivity contribution < 1.29 is 14.6 Å². The van der Waals surface area contributed by atoms with Crippen LogP contribution in [0.3, 0.4) is 0 Å². The molecule has 0 saturated carbocycles. The molecule has 1 rings (SSSR count). The van der Waals surface area contributed by atoms with Gasteiger partial charge in [-0.3, -0.25) is 4.79 Å². The van der Waals surface area contributed by atoms with E-state index < -0.39 is 5.97 Å². The Balaban J connectivity index is 2.36. The molecule has 0 aromatic heterocycles. The minimum atomic E-state index is -0.728. The van der Waals surface area contributed by atoms with Gasteiger partial charge in [0.15, 0.2) is 0 Å². The summed E-state index contributed by atoms with van der Waals surface area (Å²) in [6.45, 7) is 6.79. The van der Waals surface area contributed by atoms with E-state index in [4.69, 9.17) is 9.84 Å². The summed E-state index contributed by atoms with van der Waals surface area (Å²) in [5.41, 5.74) is 0.225. The van der Waals surface area contributed by atoms with Crippen LogP contribution in [0.5, 0.6) is 0 Å². The van der Waals surface area contributed by atoms with Gasteiger partial charge in [-0.15, -0.1) is 0 Å². The normalized spacial score (nSPS) is 28.7. The van der Waals surface area contributed by atoms with Crippen LogP contribution < -0.4 is 0 Å². The molecule has 0 amide bonds. The highest BCUT2D eigenvalue weighted by Gasteiger charge is 2.33. The molecule has 2 unspecified atom stereocenters. The Morgan fingerprint density at radius 2 is 2.31 bits per heavy atom. The molecule has 1 fully saturated rings. The van der Waals surface area contributed by atoms with Crippen molar-refractivity contribution >= 4 is 5.97 Å². The first-order valence-electron chi connectivity index (χ1n) is 4.75. The second-order valence-corrected chi connectivity index (χ2v) is 4.78. The Morgan fingerprint density at radius 1 is 1.69 bits per heavy atom. The standard InChI is InChI=1S/C10H18O3/c1-7(9(11)12)4-8-5-10(2,3)6-13-8/h7-8H,4-6H2,1-3H3,(H,11,12). The zero-order valence-electron chi connectivity index (χ0n) is 8.54. The number of hydrogen-bond acceptors (Lipinski definition) is 2. The molecule has 1 heterocycles. The van der Waals surface area contributed by atoms with Crippen molar-refractivity contribution in [3.8, 4) is 0 Å². The zero-order valence-corrected chi connectivity index (χ0v) is 8.54. The number of carboxylic acids is 1. The van der Waals surface area contributed by atoms with Crippen LogP contribution in [0.15, 0.2) is 0 Å². The molecule has 0 radical (unpaired) electrons. The van der Waals surface area contributed by atoms with Gasteiger partial charge in [-0.1, -0.05) is 20.8 Å². The summed E-state index contributed by atoms with van der Waals surface area (Å²) in [6.07, 6.45) is 1.75. The molecule has 0 bridgehead atoms. The van der Waals surface area contributed by atoms with E-state index in [2.05, 4.69) is 13.8 Å². The van der Waals surface area contributed by atoms with Gasteiger partial charge in [0.25, 0.3) is 0 Å². The SMILES string of the molecule is CC(CC1CC(C)(C)CO1)C(=O)O. The second-order valence-electron chi connectivity index (χ2n) is 4.78. The molecular formula is C10H18O3. The molecular weight excluding hydrogens is 168 g/mol. The molecule has 2 atom stereocenters. The number of aliphatic carboxylic acids is 1. The largest absolute Gasteiger partial charge is 0.481 e. The van der Waals surface area contributed by atoms with Gasteiger partial charge in [-0.05, 0) is 18.3 Å². The third kappa shape index (κ3) is 2.99. The lowest BCUT2D eigenvalue weighted by Gasteiger charge is -2.15. The van der Waals surface area contributed by atoms with E-state index in [9.17, 15) is 4.79 Å². The lowest BCUT2D eigenvalue weighted by Crippen LogP contribution is -2.18. The first kappa shape index (κ1) is 10.5. The first-order chi connectivity index (χ1) is 5.91. The topological polar surface area (TPSA) is 46.5 Å². The van der Waals surface area contributed by atoms with E-state index in [1.54, 1.807) is 6.92 Å². The third-order valence-corrected chi connectivity index (χ3v) is 2.53. The predicted molar refractivity (Wildman–Crippen MR) is 49.6 cm³/mol. The van der Waals surface area contributed by atoms with Crippen molar-refractivity contribution in [1.82, 2.24) is 0 Å². The van der Waals surface area contributed by atoms with Crippen molar-refractivity contribution in [2.75, 3.05) is 6.61 Å². The van der Waals surface area contributed by atoms with Crippen molar-refractivity contribution in [3.63, 3.8) is 0 Å². The van der Waals surface area contributed by atoms with Crippen LogP contribution in [-0.2, 0) is 9.53 Å². The van der Waals surface area contributed by atoms with Crippen LogP contribution in [0.25, 0.3) is 0 Å². The maximum Gasteiger partial charge on any atom is 0.306 e. The summed E-state index contributed by atoms with van der Waals surface area (Å²) < 4.78 is 5.53. The first-order valence-corrected chi connectivity index (χ1v) is 4.75. The van der Waals surface area contributed by atoms with Crippen molar-refractivity contribution in [3.05, 3.63) is 0 Å². The van der Waals surface area contributed by atoms with Crippen LogP contribution in [0, 0.1) is 11.3 Å². The summed E-state index contributed by atoms with van der Waals surface area (Å²) in [6, 6.07) is 0. The molecule has 0 aromatic carbocycles. The molecule has 76 valence electrons. The smallest absolute Gasteiger partial charge is 0.306 e. The average molecular weight is 186 g/mol. The Morgan fingerprint density at radius 3 is 2.69 bits per heavy atom. The van der Waals surface area contributed by atoms with Crippen LogP contribution in [0.2, 0.25) is 0 Å². The van der Waals surface area contributed by atoms with Gasteiger partial charge in [0.05, 0.1) is 18.6 Å². The minimum Gasteiger partial charge on any atom is -0.481 e. The summed E-state index contributed by atoms with van der Waals surface area (Å²) in [7, 11) is 0. The fourth-order valence-electron chi connectivity index (χ4n) is 1.72. The van der Waals surface area contributed by atoms with E-state index in [1.165, 1.54) is 0 Å². The molecule has 1 aliphatic heterocycles. The molecule has 13 heavy (non-hydrogen) atoms. The fraction of sp³-hybridized carbons (Fsp3) is 0.900. The van der Waals surface area contributed by atoms with E-state index in [1.807, 2.05) is 0 Å². The fourth-order valence-corrected chi connectivity index (χ4v) is 1.72. The number of carbonyl (C=O) groups is 1. The molecule has 1 aliphatic rings. The number of carboxylic acid groups (broad SMARTS) is 1. The van der Waals surface area contributed by atoms with Crippen LogP contribution in [0.1, 0.15) is 33.6 Å². The third-order valence-electron chi connectivity index (χ3n) is 2.53. The molecule has 1 N–H and O–H groups in total. The Bertz CT molecular complexity index is 198. The van der Waals surface area contributed by atoms with Crippen molar-refractivity contribution in [2.45, 2.75) is 39.7 Å². The van der Waals surface area contributed by atoms with Crippen LogP contribution in [0.4, 0.5) is 0 Å². The Labute approximate surface area is 79.1 Å². The average Bonchev–Trinajstić information content (AvgIpc) is 2.30. The van der Waals surface area contributed by atoms with Gasteiger partial charge in [0, 0.05) is 0 Å². The van der Waals surface area contributed by atoms with Crippen molar-refractivity contribution in [1.29, 1.82) is 0 Å². The van der Waals surface area contributed by atoms with Gasteiger partial charge in [-0.25, -0.2) is 0 Å². The quantitative estimate of drug-likeness (QED) is 0.732. The summed E-state index contributed by atoms with van der Waals surface area (Å²) in [5, 5.41) is 8.72. The van der Waals surface area contributed by atoms with E-state index >= 15 is 0 Å². The van der Waals surface area contributed by atoms with Gasteiger partial charge < -0.3 is 9.84 Å². The van der Waals surface area contributed by atoms with Crippen LogP contribution in [-0.4, -0.2) is 23.8 Å². The molecule has 3 heteroatoms. The van der Waals surface area contributed by atoms with Crippen molar-refractivity contribution in [2.24, 2.45) is 11.3 Å². The van der Waals surface area contributed by atoms with E-state index in [0.29, 0.717) is 6.42 Å². The second kappa shape index (κ2) is 3.66. The molecule has 0 aromatic rings. The Kier molecular flexibility index (Phi) is 2.96. The summed E-state index contributed by atoms with van der Waals surface area (Å²) in [5.74, 6) is -1.02. The number of hydrogen-bond donors (Lipinski definition) is 1. The monoisotopic (exact) mass is 186 g/mol. The number of ether oxygens (including phenoxy) is 1. The molecule has 0 aliphatic carbocycles. The van der Waals surface area contributed by atoms with E-state index in [-0.39, 0.29) is 17.4 Å². The highest BCUT2D eigenvalue weighted by atomic mass is 16.5. The lowest BCUT2D eigenvalue weighted by molar-refractivity contribution is -0.142. The highest BCUT2D eigenvalue weighted by Crippen LogP contribution is 2.33. The highest BCUT2D eigenvalue weighted by molar-refractivity contribution is 5.69.